The van der Waals surface area contributed by atoms with E-state index in [9.17, 15) is 10.1 Å². The molecule has 0 radical (unpaired) electrons. The Kier molecular flexibility index (Phi) is 2.68. The maximum atomic E-state index is 10.6. The number of imidazole rings is 1. The summed E-state index contributed by atoms with van der Waals surface area (Å²) in [6.45, 7) is 0. The summed E-state index contributed by atoms with van der Waals surface area (Å²) in [5, 5.41) is 11.3. The predicted octanol–water partition coefficient (Wildman–Crippen LogP) is 2.98. The summed E-state index contributed by atoms with van der Waals surface area (Å²) in [6.07, 6.45) is 3.69. The standard InChI is InChI=1S/C13H8ClN3O2/c14-10-3-6-13-15-12(8-16(13)7-10)9-1-4-11(5-2-9)17(18)19/h1-8H/p+1. The van der Waals surface area contributed by atoms with Gasteiger partial charge in [0.2, 0.25) is 0 Å². The lowest BCUT2D eigenvalue weighted by atomic mass is 10.1. The minimum absolute atomic E-state index is 0.0792. The lowest BCUT2D eigenvalue weighted by Gasteiger charge is -1.93. The van der Waals surface area contributed by atoms with Gasteiger partial charge in [-0.15, -0.1) is 0 Å². The summed E-state index contributed by atoms with van der Waals surface area (Å²) >= 11 is 5.92. The number of hydrogen-bond acceptors (Lipinski definition) is 2. The molecule has 1 aromatic carbocycles. The molecule has 3 aromatic rings. The number of nitro groups is 1. The third-order valence-electron chi connectivity index (χ3n) is 2.86. The molecule has 0 saturated carbocycles. The number of hydrogen-bond donors (Lipinski definition) is 1. The summed E-state index contributed by atoms with van der Waals surface area (Å²) < 4.78 is 1.87. The smallest absolute Gasteiger partial charge is 0.258 e. The molecule has 0 atom stereocenters. The second kappa shape index (κ2) is 4.37. The highest BCUT2D eigenvalue weighted by Crippen LogP contribution is 2.20. The number of H-pyrrole nitrogens is 1. The summed E-state index contributed by atoms with van der Waals surface area (Å²) in [7, 11) is 0. The number of benzene rings is 1. The molecule has 0 aliphatic carbocycles. The van der Waals surface area contributed by atoms with Crippen LogP contribution in [0.25, 0.3) is 16.9 Å². The van der Waals surface area contributed by atoms with E-state index in [1.807, 2.05) is 16.7 Å². The molecule has 1 N–H and O–H groups in total. The highest BCUT2D eigenvalue weighted by Gasteiger charge is 2.12. The van der Waals surface area contributed by atoms with Crippen LogP contribution < -0.4 is 4.40 Å². The molecule has 2 heterocycles. The maximum Gasteiger partial charge on any atom is 0.284 e. The first-order chi connectivity index (χ1) is 9.13. The van der Waals surface area contributed by atoms with Crippen LogP contribution in [0, 0.1) is 10.1 Å². The van der Waals surface area contributed by atoms with Crippen molar-refractivity contribution in [1.82, 2.24) is 4.98 Å². The molecular weight excluding hydrogens is 266 g/mol. The highest BCUT2D eigenvalue weighted by atomic mass is 35.5. The van der Waals surface area contributed by atoms with E-state index >= 15 is 0 Å². The van der Waals surface area contributed by atoms with E-state index < -0.39 is 4.92 Å². The fourth-order valence-electron chi connectivity index (χ4n) is 1.92. The fraction of sp³-hybridized carbons (Fsp3) is 0. The van der Waals surface area contributed by atoms with Gasteiger partial charge in [0, 0.05) is 23.8 Å². The molecule has 0 unspecified atom stereocenters. The van der Waals surface area contributed by atoms with E-state index in [0.717, 1.165) is 16.9 Å². The Morgan fingerprint density at radius 2 is 1.84 bits per heavy atom. The lowest BCUT2D eigenvalue weighted by Crippen LogP contribution is -2.16. The Morgan fingerprint density at radius 3 is 2.53 bits per heavy atom. The largest absolute Gasteiger partial charge is 0.284 e. The van der Waals surface area contributed by atoms with Crippen molar-refractivity contribution >= 4 is 22.9 Å². The first-order valence-corrected chi connectivity index (χ1v) is 5.96. The third kappa shape index (κ3) is 2.15. The number of fused-ring (bicyclic) bond motifs is 1. The van der Waals surface area contributed by atoms with Crippen molar-refractivity contribution in [2.24, 2.45) is 0 Å². The number of pyridine rings is 1. The van der Waals surface area contributed by atoms with Crippen molar-refractivity contribution < 1.29 is 9.32 Å². The number of halogens is 1. The van der Waals surface area contributed by atoms with Gasteiger partial charge in [-0.3, -0.25) is 10.1 Å². The number of nitrogens with one attached hydrogen (secondary N) is 1. The SMILES string of the molecule is O=[N+]([O-])c1ccc(-c2c[n+]3cc(Cl)ccc3[nH]2)cc1. The average molecular weight is 275 g/mol. The zero-order valence-corrected chi connectivity index (χ0v) is 10.5. The van der Waals surface area contributed by atoms with Gasteiger partial charge < -0.3 is 0 Å². The fourth-order valence-corrected chi connectivity index (χ4v) is 2.09. The number of non-ortho nitro benzene ring substituents is 1. The molecule has 0 amide bonds. The number of nitro benzene ring substituents is 1. The molecule has 3 rings (SSSR count). The summed E-state index contributed by atoms with van der Waals surface area (Å²) in [4.78, 5) is 13.4. The monoisotopic (exact) mass is 274 g/mol. The van der Waals surface area contributed by atoms with E-state index in [0.29, 0.717) is 5.02 Å². The third-order valence-corrected chi connectivity index (χ3v) is 3.08. The van der Waals surface area contributed by atoms with Crippen LogP contribution >= 0.6 is 11.6 Å². The van der Waals surface area contributed by atoms with Crippen LogP contribution in [0.2, 0.25) is 5.02 Å². The summed E-state index contributed by atoms with van der Waals surface area (Å²) in [5.41, 5.74) is 2.73. The topological polar surface area (TPSA) is 63.0 Å². The Hall–Kier alpha value is -2.40. The van der Waals surface area contributed by atoms with Gasteiger partial charge in [0.25, 0.3) is 11.3 Å². The van der Waals surface area contributed by atoms with E-state index in [-0.39, 0.29) is 5.69 Å². The van der Waals surface area contributed by atoms with Gasteiger partial charge in [-0.05, 0) is 18.2 Å². The highest BCUT2D eigenvalue weighted by molar-refractivity contribution is 6.30. The molecule has 0 saturated heterocycles. The second-order valence-electron chi connectivity index (χ2n) is 4.11. The van der Waals surface area contributed by atoms with Crippen LogP contribution in [0.5, 0.6) is 0 Å². The van der Waals surface area contributed by atoms with Crippen molar-refractivity contribution in [2.45, 2.75) is 0 Å². The van der Waals surface area contributed by atoms with E-state index in [4.69, 9.17) is 11.6 Å². The van der Waals surface area contributed by atoms with Gasteiger partial charge in [-0.25, -0.2) is 9.38 Å². The van der Waals surface area contributed by atoms with Gasteiger partial charge in [-0.1, -0.05) is 11.6 Å². The molecule has 0 spiro atoms. The minimum atomic E-state index is -0.413. The van der Waals surface area contributed by atoms with Crippen LogP contribution in [-0.2, 0) is 0 Å². The van der Waals surface area contributed by atoms with E-state index in [1.165, 1.54) is 12.1 Å². The lowest BCUT2D eigenvalue weighted by molar-refractivity contribution is -0.509. The molecule has 6 heteroatoms. The molecule has 0 aliphatic heterocycles. The molecular formula is C13H9ClN3O2+. The normalized spacial score (nSPS) is 10.8. The van der Waals surface area contributed by atoms with Crippen LogP contribution in [0.1, 0.15) is 0 Å². The van der Waals surface area contributed by atoms with Gasteiger partial charge in [-0.2, -0.15) is 0 Å². The maximum absolute atomic E-state index is 10.6. The van der Waals surface area contributed by atoms with Crippen LogP contribution in [-0.4, -0.2) is 9.91 Å². The average Bonchev–Trinajstić information content (AvgIpc) is 2.81. The number of nitrogens with zero attached hydrogens (tertiary/aromatic N) is 2. The van der Waals surface area contributed by atoms with Crippen molar-refractivity contribution in [3.05, 3.63) is 63.9 Å². The van der Waals surface area contributed by atoms with Crippen LogP contribution in [0.3, 0.4) is 0 Å². The first-order valence-electron chi connectivity index (χ1n) is 5.58. The molecule has 94 valence electrons. The van der Waals surface area contributed by atoms with Crippen molar-refractivity contribution in [3.8, 4) is 11.3 Å². The van der Waals surface area contributed by atoms with Gasteiger partial charge in [0.05, 0.1) is 9.95 Å². The molecule has 2 aromatic heterocycles. The quantitative estimate of drug-likeness (QED) is 0.444. The van der Waals surface area contributed by atoms with E-state index in [2.05, 4.69) is 4.98 Å². The predicted molar refractivity (Wildman–Crippen MR) is 71.1 cm³/mol. The Labute approximate surface area is 113 Å². The molecule has 0 aliphatic rings. The minimum Gasteiger partial charge on any atom is -0.258 e. The van der Waals surface area contributed by atoms with Gasteiger partial charge >= 0.3 is 0 Å². The van der Waals surface area contributed by atoms with Gasteiger partial charge in [0.15, 0.2) is 5.69 Å². The number of rotatable bonds is 2. The molecule has 0 bridgehead atoms. The van der Waals surface area contributed by atoms with Crippen molar-refractivity contribution in [2.75, 3.05) is 0 Å². The Balaban J connectivity index is 2.06. The van der Waals surface area contributed by atoms with E-state index in [1.54, 1.807) is 24.4 Å². The molecule has 19 heavy (non-hydrogen) atoms. The summed E-state index contributed by atoms with van der Waals surface area (Å²) in [6, 6.07) is 10.1. The van der Waals surface area contributed by atoms with Crippen molar-refractivity contribution in [1.29, 1.82) is 0 Å². The summed E-state index contributed by atoms with van der Waals surface area (Å²) in [5.74, 6) is 0. The number of aromatic amines is 1. The van der Waals surface area contributed by atoms with Crippen LogP contribution in [0.4, 0.5) is 5.69 Å². The van der Waals surface area contributed by atoms with Crippen molar-refractivity contribution in [3.63, 3.8) is 0 Å². The first kappa shape index (κ1) is 11.7. The van der Waals surface area contributed by atoms with Gasteiger partial charge in [0.1, 0.15) is 12.4 Å². The molecule has 5 nitrogen and oxygen atoms in total. The zero-order chi connectivity index (χ0) is 13.4. The Morgan fingerprint density at radius 1 is 1.11 bits per heavy atom. The number of aromatic nitrogens is 2. The Bertz CT molecular complexity index is 765. The molecule has 0 fully saturated rings. The second-order valence-corrected chi connectivity index (χ2v) is 4.55. The zero-order valence-electron chi connectivity index (χ0n) is 9.71. The van der Waals surface area contributed by atoms with Crippen LogP contribution in [0.15, 0.2) is 48.8 Å².